The summed E-state index contributed by atoms with van der Waals surface area (Å²) in [5, 5.41) is 3.44. The van der Waals surface area contributed by atoms with Crippen LogP contribution in [0.15, 0.2) is 0 Å². The Morgan fingerprint density at radius 1 is 0.783 bits per heavy atom. The average molecular weight is 325 g/mol. The number of nitrogens with one attached hydrogen (secondary N) is 1. The molecule has 0 bridgehead atoms. The Morgan fingerprint density at radius 2 is 1.22 bits per heavy atom. The van der Waals surface area contributed by atoms with E-state index in [2.05, 4.69) is 15.1 Å². The van der Waals surface area contributed by atoms with Crippen LogP contribution in [0.25, 0.3) is 0 Å². The molecule has 0 saturated carbocycles. The molecule has 3 fully saturated rings. The van der Waals surface area contributed by atoms with Crippen molar-refractivity contribution in [2.75, 3.05) is 52.4 Å². The van der Waals surface area contributed by atoms with Crippen LogP contribution in [0.4, 0.5) is 0 Å². The smallest absolute Gasteiger partial charge is 0.219 e. The number of amides is 1. The maximum Gasteiger partial charge on any atom is 0.219 e. The normalized spacial score (nSPS) is 25.8. The van der Waals surface area contributed by atoms with Crippen LogP contribution in [-0.4, -0.2) is 85.0 Å². The number of nitrogens with zero attached hydrogens (tertiary/aromatic N) is 3. The molecule has 1 amide bonds. The molecule has 0 aromatic carbocycles. The monoisotopic (exact) mass is 324 g/mol. The van der Waals surface area contributed by atoms with Crippen molar-refractivity contribution < 1.29 is 4.79 Å². The summed E-state index contributed by atoms with van der Waals surface area (Å²) in [6, 6.07) is 1.52. The molecule has 0 atom stereocenters. The highest BCUT2D eigenvalue weighted by Gasteiger charge is 2.30. The van der Waals surface area contributed by atoms with Gasteiger partial charge in [-0.3, -0.25) is 9.69 Å². The molecule has 0 aliphatic carbocycles. The maximum absolute atomic E-state index is 11.4. The average Bonchev–Trinajstić information content (AvgIpc) is 2.64. The summed E-state index contributed by atoms with van der Waals surface area (Å²) in [5.74, 6) is 0.242. The van der Waals surface area contributed by atoms with E-state index >= 15 is 0 Å². The predicted molar refractivity (Wildman–Crippen MR) is 95.7 cm³/mol. The first-order valence-corrected chi connectivity index (χ1v) is 9.68. The van der Waals surface area contributed by atoms with Crippen molar-refractivity contribution in [2.24, 2.45) is 0 Å². The van der Waals surface area contributed by atoms with Crippen LogP contribution in [0.5, 0.6) is 0 Å². The van der Waals surface area contributed by atoms with E-state index in [1.165, 1.54) is 39.0 Å². The molecule has 3 rings (SSSR count). The number of likely N-dealkylation sites (tertiary alicyclic amines) is 2. The zero-order chi connectivity index (χ0) is 16.7. The molecule has 0 unspecified atom stereocenters. The van der Waals surface area contributed by atoms with Gasteiger partial charge in [0.25, 0.3) is 0 Å². The van der Waals surface area contributed by atoms with E-state index in [1.807, 2.05) is 18.7 Å². The number of rotatable bonds is 2. The van der Waals surface area contributed by atoms with Gasteiger partial charge >= 0.3 is 0 Å². The zero-order valence-corrected chi connectivity index (χ0v) is 15.4. The molecule has 3 aliphatic heterocycles. The van der Waals surface area contributed by atoms with Gasteiger partial charge < -0.3 is 15.1 Å². The number of piperidine rings is 2. The van der Waals surface area contributed by atoms with Gasteiger partial charge in [0.1, 0.15) is 0 Å². The van der Waals surface area contributed by atoms with Crippen molar-refractivity contribution in [3.05, 3.63) is 0 Å². The Balaban J connectivity index is 0.000000924. The minimum absolute atomic E-state index is 0.242. The first kappa shape index (κ1) is 18.7. The molecule has 0 aromatic heterocycles. The van der Waals surface area contributed by atoms with E-state index in [0.29, 0.717) is 6.04 Å². The van der Waals surface area contributed by atoms with E-state index in [4.69, 9.17) is 0 Å². The fraction of sp³-hybridized carbons (Fsp3) is 0.944. The predicted octanol–water partition coefficient (Wildman–Crippen LogP) is 1.39. The van der Waals surface area contributed by atoms with Crippen molar-refractivity contribution in [3.8, 4) is 0 Å². The largest absolute Gasteiger partial charge is 0.343 e. The Labute approximate surface area is 142 Å². The quantitative estimate of drug-likeness (QED) is 0.833. The first-order chi connectivity index (χ1) is 11.2. The highest BCUT2D eigenvalue weighted by atomic mass is 16.2. The van der Waals surface area contributed by atoms with Crippen molar-refractivity contribution in [1.82, 2.24) is 20.0 Å². The lowest BCUT2D eigenvalue weighted by molar-refractivity contribution is -0.130. The highest BCUT2D eigenvalue weighted by Crippen LogP contribution is 2.23. The molecular weight excluding hydrogens is 288 g/mol. The SMILES string of the molecule is CC.CC(=O)N1CCC(N2CCC(N3CCNCC3)CC2)CC1. The summed E-state index contributed by atoms with van der Waals surface area (Å²) in [6.07, 6.45) is 4.98. The number of carbonyl (C=O) groups is 1. The summed E-state index contributed by atoms with van der Waals surface area (Å²) < 4.78 is 0. The van der Waals surface area contributed by atoms with Gasteiger partial charge in [-0.25, -0.2) is 0 Å². The van der Waals surface area contributed by atoms with Crippen LogP contribution in [0.1, 0.15) is 46.5 Å². The number of hydrogen-bond acceptors (Lipinski definition) is 4. The minimum atomic E-state index is 0.242. The van der Waals surface area contributed by atoms with Gasteiger partial charge in [0.15, 0.2) is 0 Å². The molecule has 134 valence electrons. The number of piperazine rings is 1. The summed E-state index contributed by atoms with van der Waals surface area (Å²) in [6.45, 7) is 14.9. The lowest BCUT2D eigenvalue weighted by atomic mass is 9.96. The van der Waals surface area contributed by atoms with Crippen LogP contribution in [-0.2, 0) is 4.79 Å². The van der Waals surface area contributed by atoms with Gasteiger partial charge in [-0.15, -0.1) is 0 Å². The van der Waals surface area contributed by atoms with Gasteiger partial charge in [0.05, 0.1) is 0 Å². The van der Waals surface area contributed by atoms with Crippen LogP contribution >= 0.6 is 0 Å². The van der Waals surface area contributed by atoms with Gasteiger partial charge in [0.2, 0.25) is 5.91 Å². The topological polar surface area (TPSA) is 38.8 Å². The second kappa shape index (κ2) is 9.60. The fourth-order valence-corrected chi connectivity index (χ4v) is 4.21. The van der Waals surface area contributed by atoms with Crippen molar-refractivity contribution in [1.29, 1.82) is 0 Å². The zero-order valence-electron chi connectivity index (χ0n) is 15.4. The second-order valence-corrected chi connectivity index (χ2v) is 6.79. The van der Waals surface area contributed by atoms with Crippen molar-refractivity contribution >= 4 is 5.91 Å². The Hall–Kier alpha value is -0.650. The maximum atomic E-state index is 11.4. The van der Waals surface area contributed by atoms with E-state index < -0.39 is 0 Å². The minimum Gasteiger partial charge on any atom is -0.343 e. The van der Waals surface area contributed by atoms with Gasteiger partial charge in [-0.05, 0) is 38.8 Å². The third-order valence-electron chi connectivity index (χ3n) is 5.59. The van der Waals surface area contributed by atoms with Crippen LogP contribution < -0.4 is 5.32 Å². The summed E-state index contributed by atoms with van der Waals surface area (Å²) in [7, 11) is 0. The van der Waals surface area contributed by atoms with E-state index in [1.54, 1.807) is 6.92 Å². The standard InChI is InChI=1S/C16H30N4O.C2H6/c1-14(21)18-8-2-15(3-9-18)19-10-4-16(5-11-19)20-12-6-17-7-13-20;1-2/h15-17H,2-13H2,1H3;1-2H3. The summed E-state index contributed by atoms with van der Waals surface area (Å²) in [4.78, 5) is 18.8. The molecule has 5 nitrogen and oxygen atoms in total. The van der Waals surface area contributed by atoms with Crippen molar-refractivity contribution in [3.63, 3.8) is 0 Å². The highest BCUT2D eigenvalue weighted by molar-refractivity contribution is 5.73. The number of hydrogen-bond donors (Lipinski definition) is 1. The van der Waals surface area contributed by atoms with E-state index in [9.17, 15) is 4.79 Å². The third-order valence-corrected chi connectivity index (χ3v) is 5.59. The summed E-state index contributed by atoms with van der Waals surface area (Å²) >= 11 is 0. The number of carbonyl (C=O) groups excluding carboxylic acids is 1. The Bertz CT molecular complexity index is 341. The fourth-order valence-electron chi connectivity index (χ4n) is 4.21. The molecule has 3 saturated heterocycles. The van der Waals surface area contributed by atoms with Gasteiger partial charge in [-0.2, -0.15) is 0 Å². The van der Waals surface area contributed by atoms with Crippen molar-refractivity contribution in [2.45, 2.75) is 58.5 Å². The molecular formula is C18H36N4O. The van der Waals surface area contributed by atoms with Crippen LogP contribution in [0.2, 0.25) is 0 Å². The third kappa shape index (κ3) is 5.16. The summed E-state index contributed by atoms with van der Waals surface area (Å²) in [5.41, 5.74) is 0. The van der Waals surface area contributed by atoms with E-state index in [0.717, 1.165) is 45.1 Å². The lowest BCUT2D eigenvalue weighted by Crippen LogP contribution is -2.54. The molecule has 0 radical (unpaired) electrons. The first-order valence-electron chi connectivity index (χ1n) is 9.68. The Morgan fingerprint density at radius 3 is 1.70 bits per heavy atom. The van der Waals surface area contributed by atoms with E-state index in [-0.39, 0.29) is 5.91 Å². The van der Waals surface area contributed by atoms with Crippen LogP contribution in [0, 0.1) is 0 Å². The second-order valence-electron chi connectivity index (χ2n) is 6.79. The lowest BCUT2D eigenvalue weighted by Gasteiger charge is -2.44. The van der Waals surface area contributed by atoms with Crippen LogP contribution in [0.3, 0.4) is 0 Å². The molecule has 5 heteroatoms. The molecule has 3 heterocycles. The Kier molecular flexibility index (Phi) is 7.80. The molecule has 0 spiro atoms. The van der Waals surface area contributed by atoms with Gasteiger partial charge in [0, 0.05) is 58.3 Å². The van der Waals surface area contributed by atoms with Gasteiger partial charge in [-0.1, -0.05) is 13.8 Å². The molecule has 3 aliphatic rings. The molecule has 0 aromatic rings. The molecule has 23 heavy (non-hydrogen) atoms. The molecule has 1 N–H and O–H groups in total.